The van der Waals surface area contributed by atoms with E-state index in [0.29, 0.717) is 40.7 Å². The number of aromatic hydroxyl groups is 1. The van der Waals surface area contributed by atoms with Crippen LogP contribution in [0.2, 0.25) is 5.02 Å². The normalized spacial score (nSPS) is 27.3. The summed E-state index contributed by atoms with van der Waals surface area (Å²) >= 11 is 6.59. The minimum atomic E-state index is -0.239. The number of phenols is 1. The maximum Gasteiger partial charge on any atom is 0.279 e. The van der Waals surface area contributed by atoms with E-state index in [1.807, 2.05) is 6.07 Å². The highest BCUT2D eigenvalue weighted by Crippen LogP contribution is 2.47. The Labute approximate surface area is 244 Å². The molecule has 0 spiro atoms. The van der Waals surface area contributed by atoms with Gasteiger partial charge in [0.1, 0.15) is 12.4 Å². The Bertz CT molecular complexity index is 1550. The number of piperazine rings is 1. The van der Waals surface area contributed by atoms with Crippen LogP contribution >= 0.6 is 11.6 Å². The van der Waals surface area contributed by atoms with Gasteiger partial charge in [0.25, 0.3) is 5.56 Å². The van der Waals surface area contributed by atoms with Gasteiger partial charge < -0.3 is 20.5 Å². The van der Waals surface area contributed by atoms with Crippen LogP contribution in [0.4, 0.5) is 0 Å². The molecule has 4 saturated heterocycles. The molecule has 3 aromatic rings. The van der Waals surface area contributed by atoms with Crippen molar-refractivity contribution in [3.8, 4) is 17.3 Å². The number of pyridine rings is 1. The zero-order chi connectivity index (χ0) is 27.7. The monoisotopic (exact) mass is 576 g/mol. The molecular weight excluding hydrogens is 540 g/mol. The van der Waals surface area contributed by atoms with Crippen molar-refractivity contribution in [2.45, 2.75) is 80.8 Å². The minimum Gasteiger partial charge on any atom is -0.508 e. The summed E-state index contributed by atoms with van der Waals surface area (Å²) in [5.74, 6) is 1.03. The lowest BCUT2D eigenvalue weighted by Crippen LogP contribution is -2.58. The van der Waals surface area contributed by atoms with Crippen molar-refractivity contribution >= 4 is 22.4 Å². The summed E-state index contributed by atoms with van der Waals surface area (Å²) in [6.07, 6.45) is 10.4. The maximum atomic E-state index is 14.2. The highest BCUT2D eigenvalue weighted by atomic mass is 35.5. The lowest BCUT2D eigenvalue weighted by atomic mass is 9.82. The number of nitrogens with one attached hydrogen (secondary N) is 2. The van der Waals surface area contributed by atoms with Gasteiger partial charge in [-0.3, -0.25) is 9.69 Å². The van der Waals surface area contributed by atoms with Crippen LogP contribution in [0.25, 0.3) is 16.5 Å². The topological polar surface area (TPSA) is 105 Å². The Hall–Kier alpha value is -2.72. The standard InChI is InChI=1S/C31H37ClN6O3/c32-25-11-22(39)12-26(28(25)18-3-4-18)38-30(40)23-13-27(41-17-31-5-1-7-37(31)8-2-6-31)36-29(24(23)16-34-38)19-9-20-14-33-15-21(10-19)35-20/h11-13,16,18-21,33,35,39H,1-10,14-15,17H2. The average molecular weight is 577 g/mol. The average Bonchev–Trinajstić information content (AvgIpc) is 3.58. The van der Waals surface area contributed by atoms with Crippen molar-refractivity contribution in [3.05, 3.63) is 51.0 Å². The van der Waals surface area contributed by atoms with Crippen molar-refractivity contribution in [1.82, 2.24) is 30.3 Å². The Morgan fingerprint density at radius 2 is 1.80 bits per heavy atom. The number of ether oxygens (including phenoxy) is 1. The number of aromatic nitrogens is 3. The molecule has 10 heteroatoms. The summed E-state index contributed by atoms with van der Waals surface area (Å²) < 4.78 is 7.94. The van der Waals surface area contributed by atoms with Crippen LogP contribution in [0.3, 0.4) is 0 Å². The molecule has 5 fully saturated rings. The minimum absolute atomic E-state index is 0.0226. The highest BCUT2D eigenvalue weighted by Gasteiger charge is 2.45. The number of fused-ring (bicyclic) bond motifs is 4. The second kappa shape index (κ2) is 9.93. The van der Waals surface area contributed by atoms with Gasteiger partial charge in [-0.2, -0.15) is 9.78 Å². The molecule has 4 aliphatic heterocycles. The molecular formula is C31H37ClN6O3. The molecule has 1 aromatic carbocycles. The maximum absolute atomic E-state index is 14.2. The molecule has 2 unspecified atom stereocenters. The summed E-state index contributed by atoms with van der Waals surface area (Å²) in [5, 5.41) is 24.1. The molecule has 41 heavy (non-hydrogen) atoms. The van der Waals surface area contributed by atoms with Gasteiger partial charge in [-0.1, -0.05) is 11.6 Å². The number of halogens is 1. The fourth-order valence-corrected chi connectivity index (χ4v) is 8.47. The first-order valence-corrected chi connectivity index (χ1v) is 15.7. The van der Waals surface area contributed by atoms with Crippen LogP contribution in [-0.2, 0) is 0 Å². The van der Waals surface area contributed by atoms with Crippen molar-refractivity contribution in [1.29, 1.82) is 0 Å². The summed E-state index contributed by atoms with van der Waals surface area (Å²) in [7, 11) is 0. The van der Waals surface area contributed by atoms with Crippen molar-refractivity contribution in [2.24, 2.45) is 0 Å². The molecule has 2 atom stereocenters. The van der Waals surface area contributed by atoms with Gasteiger partial charge in [-0.15, -0.1) is 0 Å². The van der Waals surface area contributed by atoms with Gasteiger partial charge in [0.15, 0.2) is 0 Å². The summed E-state index contributed by atoms with van der Waals surface area (Å²) in [6, 6.07) is 5.73. The number of rotatable bonds is 6. The third kappa shape index (κ3) is 4.52. The van der Waals surface area contributed by atoms with Gasteiger partial charge in [0, 0.05) is 53.6 Å². The zero-order valence-corrected chi connectivity index (χ0v) is 24.0. The van der Waals surface area contributed by atoms with Crippen molar-refractivity contribution in [3.63, 3.8) is 0 Å². The Balaban J connectivity index is 1.24. The van der Waals surface area contributed by atoms with Crippen LogP contribution in [0, 0.1) is 0 Å². The van der Waals surface area contributed by atoms with Gasteiger partial charge in [0.05, 0.1) is 28.5 Å². The molecule has 5 aliphatic rings. The fraction of sp³-hybridized carbons (Fsp3) is 0.581. The Morgan fingerprint density at radius 3 is 2.54 bits per heavy atom. The van der Waals surface area contributed by atoms with Crippen molar-refractivity contribution in [2.75, 3.05) is 32.8 Å². The molecule has 8 rings (SSSR count). The first-order chi connectivity index (χ1) is 20.0. The lowest BCUT2D eigenvalue weighted by Gasteiger charge is -2.40. The van der Waals surface area contributed by atoms with Crippen LogP contribution in [0.15, 0.2) is 29.2 Å². The summed E-state index contributed by atoms with van der Waals surface area (Å²) in [4.78, 5) is 21.9. The third-order valence-electron chi connectivity index (χ3n) is 10.2. The summed E-state index contributed by atoms with van der Waals surface area (Å²) in [5.41, 5.74) is 2.20. The van der Waals surface area contributed by atoms with E-state index in [4.69, 9.17) is 21.3 Å². The van der Waals surface area contributed by atoms with E-state index in [-0.39, 0.29) is 28.7 Å². The van der Waals surface area contributed by atoms with E-state index in [1.54, 1.807) is 18.3 Å². The first kappa shape index (κ1) is 25.9. The molecule has 0 amide bonds. The quantitative estimate of drug-likeness (QED) is 0.407. The lowest BCUT2D eigenvalue weighted by molar-refractivity contribution is 0.110. The van der Waals surface area contributed by atoms with E-state index in [1.165, 1.54) is 17.5 Å². The van der Waals surface area contributed by atoms with E-state index < -0.39 is 0 Å². The third-order valence-corrected chi connectivity index (χ3v) is 10.5. The van der Waals surface area contributed by atoms with E-state index in [9.17, 15) is 9.90 Å². The van der Waals surface area contributed by atoms with E-state index >= 15 is 0 Å². The fourth-order valence-electron chi connectivity index (χ4n) is 8.10. The number of phenolic OH excluding ortho intramolecular Hbond substituents is 1. The first-order valence-electron chi connectivity index (χ1n) is 15.3. The SMILES string of the molecule is O=c1c2cc(OCC34CCCN3CCC4)nc(C3CC4CNCC(C3)N4)c2cnn1-c1cc(O)cc(Cl)c1C1CC1. The molecule has 216 valence electrons. The van der Waals surface area contributed by atoms with Gasteiger partial charge in [-0.25, -0.2) is 4.98 Å². The Kier molecular flexibility index (Phi) is 6.29. The number of benzene rings is 1. The second-order valence-electron chi connectivity index (χ2n) is 12.9. The smallest absolute Gasteiger partial charge is 0.279 e. The van der Waals surface area contributed by atoms with Crippen LogP contribution < -0.4 is 20.9 Å². The van der Waals surface area contributed by atoms with E-state index in [2.05, 4.69) is 20.6 Å². The van der Waals surface area contributed by atoms with Crippen molar-refractivity contribution < 1.29 is 9.84 Å². The van der Waals surface area contributed by atoms with Crippen LogP contribution in [0.5, 0.6) is 11.6 Å². The van der Waals surface area contributed by atoms with Gasteiger partial charge >= 0.3 is 0 Å². The zero-order valence-electron chi connectivity index (χ0n) is 23.2. The second-order valence-corrected chi connectivity index (χ2v) is 13.3. The molecule has 1 aliphatic carbocycles. The molecule has 2 bridgehead atoms. The van der Waals surface area contributed by atoms with Crippen LogP contribution in [-0.4, -0.2) is 75.2 Å². The Morgan fingerprint density at radius 1 is 1.05 bits per heavy atom. The van der Waals surface area contributed by atoms with E-state index in [0.717, 1.165) is 81.3 Å². The van der Waals surface area contributed by atoms with Gasteiger partial charge in [-0.05, 0) is 82.0 Å². The van der Waals surface area contributed by atoms with Crippen LogP contribution in [0.1, 0.15) is 74.5 Å². The summed E-state index contributed by atoms with van der Waals surface area (Å²) in [6.45, 7) is 4.74. The molecule has 1 saturated carbocycles. The molecule has 3 N–H and O–H groups in total. The molecule has 2 aromatic heterocycles. The largest absolute Gasteiger partial charge is 0.508 e. The number of hydrogen-bond acceptors (Lipinski definition) is 8. The molecule has 0 radical (unpaired) electrons. The molecule has 6 heterocycles. The number of hydrogen-bond donors (Lipinski definition) is 3. The number of piperidine rings is 1. The predicted molar refractivity (Wildman–Crippen MR) is 158 cm³/mol. The number of nitrogens with zero attached hydrogens (tertiary/aromatic N) is 4. The molecule has 9 nitrogen and oxygen atoms in total. The highest BCUT2D eigenvalue weighted by molar-refractivity contribution is 6.32. The van der Waals surface area contributed by atoms with Gasteiger partial charge in [0.2, 0.25) is 5.88 Å². The predicted octanol–water partition coefficient (Wildman–Crippen LogP) is 3.83.